The van der Waals surface area contributed by atoms with Crippen LogP contribution in [0.15, 0.2) is 22.8 Å². The molecule has 0 bridgehead atoms. The van der Waals surface area contributed by atoms with E-state index >= 15 is 0 Å². The fourth-order valence-electron chi connectivity index (χ4n) is 0.380. The highest BCUT2D eigenvalue weighted by Crippen LogP contribution is 1.91. The van der Waals surface area contributed by atoms with Gasteiger partial charge in [-0.1, -0.05) is 0 Å². The minimum absolute atomic E-state index is 0.539. The molecule has 0 amide bonds. The number of hydrogen-bond donors (Lipinski definition) is 0. The third kappa shape index (κ3) is 1.15. The molecular formula is C5H5OPS. The standard InChI is InChI=1S/C5H5OPS/c7-4-2-1-3-6-5(4)8/h1-3H,7H2. The van der Waals surface area contributed by atoms with Crippen LogP contribution >= 0.6 is 21.5 Å². The molecule has 0 aliphatic carbocycles. The molecule has 0 N–H and O–H groups in total. The van der Waals surface area contributed by atoms with Gasteiger partial charge in [-0.15, -0.1) is 9.24 Å². The molecule has 1 aromatic rings. The van der Waals surface area contributed by atoms with Gasteiger partial charge in [-0.2, -0.15) is 0 Å². The molecule has 8 heavy (non-hydrogen) atoms. The first-order valence-electron chi connectivity index (χ1n) is 2.14. The maximum atomic E-state index is 4.85. The largest absolute Gasteiger partial charge is 0.453 e. The third-order valence-electron chi connectivity index (χ3n) is 0.765. The van der Waals surface area contributed by atoms with E-state index in [-0.39, 0.29) is 0 Å². The van der Waals surface area contributed by atoms with Crippen LogP contribution in [0, 0.1) is 4.71 Å². The Morgan fingerprint density at radius 1 is 1.62 bits per heavy atom. The predicted molar refractivity (Wildman–Crippen MR) is 38.9 cm³/mol. The van der Waals surface area contributed by atoms with Crippen molar-refractivity contribution in [3.8, 4) is 0 Å². The maximum Gasteiger partial charge on any atom is 0.196 e. The summed E-state index contributed by atoms with van der Waals surface area (Å²) in [6, 6.07) is 3.69. The Morgan fingerprint density at radius 3 is 2.75 bits per heavy atom. The van der Waals surface area contributed by atoms with Crippen LogP contribution in [0.25, 0.3) is 0 Å². The second-order valence-electron chi connectivity index (χ2n) is 1.36. The van der Waals surface area contributed by atoms with Crippen LogP contribution in [0.5, 0.6) is 0 Å². The van der Waals surface area contributed by atoms with E-state index in [1.807, 2.05) is 6.07 Å². The van der Waals surface area contributed by atoms with Crippen LogP contribution < -0.4 is 5.30 Å². The average molecular weight is 144 g/mol. The minimum atomic E-state index is 0.539. The van der Waals surface area contributed by atoms with Gasteiger partial charge in [0, 0.05) is 5.30 Å². The summed E-state index contributed by atoms with van der Waals surface area (Å²) in [6.07, 6.45) is 1.57. The van der Waals surface area contributed by atoms with Crippen molar-refractivity contribution in [1.29, 1.82) is 0 Å². The average Bonchev–Trinajstić information content (AvgIpc) is 1.77. The van der Waals surface area contributed by atoms with Crippen LogP contribution in [0.1, 0.15) is 0 Å². The second kappa shape index (κ2) is 2.38. The summed E-state index contributed by atoms with van der Waals surface area (Å²) in [7, 11) is 2.49. The van der Waals surface area contributed by atoms with Gasteiger partial charge in [-0.3, -0.25) is 0 Å². The van der Waals surface area contributed by atoms with Crippen molar-refractivity contribution in [3.05, 3.63) is 23.1 Å². The topological polar surface area (TPSA) is 13.1 Å². The summed E-state index contributed by atoms with van der Waals surface area (Å²) >= 11 is 4.77. The van der Waals surface area contributed by atoms with Crippen LogP contribution in [0.3, 0.4) is 0 Å². The quantitative estimate of drug-likeness (QED) is 0.404. The summed E-state index contributed by atoms with van der Waals surface area (Å²) in [5.41, 5.74) is 0. The lowest BCUT2D eigenvalue weighted by atomic mass is 10.5. The molecule has 0 radical (unpaired) electrons. The lowest BCUT2D eigenvalue weighted by molar-refractivity contribution is 0.539. The van der Waals surface area contributed by atoms with E-state index in [1.165, 1.54) is 0 Å². The molecule has 1 aromatic heterocycles. The molecule has 0 fully saturated rings. The molecule has 3 heteroatoms. The zero-order valence-corrected chi connectivity index (χ0v) is 6.10. The molecule has 0 aliphatic rings. The Balaban J connectivity index is 3.35. The summed E-state index contributed by atoms with van der Waals surface area (Å²) in [6.45, 7) is 0. The fourth-order valence-corrected chi connectivity index (χ4v) is 0.683. The van der Waals surface area contributed by atoms with Gasteiger partial charge in [0.05, 0.1) is 6.26 Å². The Labute approximate surface area is 54.9 Å². The zero-order chi connectivity index (χ0) is 5.98. The highest BCUT2D eigenvalue weighted by atomic mass is 32.1. The van der Waals surface area contributed by atoms with Crippen molar-refractivity contribution < 1.29 is 4.42 Å². The van der Waals surface area contributed by atoms with E-state index in [1.54, 1.807) is 12.3 Å². The van der Waals surface area contributed by atoms with E-state index in [9.17, 15) is 0 Å². The lowest BCUT2D eigenvalue weighted by Gasteiger charge is -1.85. The highest BCUT2D eigenvalue weighted by Gasteiger charge is 1.82. The fraction of sp³-hybridized carbons (Fsp3) is 0. The molecule has 1 nitrogen and oxygen atoms in total. The molecule has 0 saturated heterocycles. The molecule has 1 rings (SSSR count). The monoisotopic (exact) mass is 144 g/mol. The first kappa shape index (κ1) is 5.93. The van der Waals surface area contributed by atoms with Gasteiger partial charge < -0.3 is 4.42 Å². The molecule has 1 unspecified atom stereocenters. The molecule has 0 aromatic carbocycles. The van der Waals surface area contributed by atoms with Crippen molar-refractivity contribution in [2.45, 2.75) is 0 Å². The molecule has 42 valence electrons. The van der Waals surface area contributed by atoms with Crippen LogP contribution in [-0.4, -0.2) is 0 Å². The van der Waals surface area contributed by atoms with Gasteiger partial charge in [-0.05, 0) is 24.4 Å². The van der Waals surface area contributed by atoms with E-state index in [0.717, 1.165) is 5.30 Å². The van der Waals surface area contributed by atoms with Gasteiger partial charge in [0.15, 0.2) is 4.71 Å². The van der Waals surface area contributed by atoms with Gasteiger partial charge >= 0.3 is 0 Å². The summed E-state index contributed by atoms with van der Waals surface area (Å²) in [5, 5.41) is 0.933. The van der Waals surface area contributed by atoms with Crippen molar-refractivity contribution >= 4 is 26.8 Å². The van der Waals surface area contributed by atoms with Gasteiger partial charge in [0.25, 0.3) is 0 Å². The molecule has 1 atom stereocenters. The second-order valence-corrected chi connectivity index (χ2v) is 2.35. The lowest BCUT2D eigenvalue weighted by Crippen LogP contribution is -1.87. The Hall–Kier alpha value is -0.200. The number of rotatable bonds is 0. The van der Waals surface area contributed by atoms with E-state index in [2.05, 4.69) is 9.24 Å². The van der Waals surface area contributed by atoms with Crippen LogP contribution in [0.4, 0.5) is 0 Å². The van der Waals surface area contributed by atoms with E-state index in [0.29, 0.717) is 4.71 Å². The summed E-state index contributed by atoms with van der Waals surface area (Å²) in [5.74, 6) is 0. The van der Waals surface area contributed by atoms with Gasteiger partial charge in [0.2, 0.25) is 0 Å². The Bertz CT molecular complexity index is 230. The summed E-state index contributed by atoms with van der Waals surface area (Å²) < 4.78 is 5.39. The normalized spacial score (nSPS) is 9.12. The molecule has 0 saturated carbocycles. The first-order valence-corrected chi connectivity index (χ1v) is 3.12. The molecular weight excluding hydrogens is 139 g/mol. The van der Waals surface area contributed by atoms with Crippen molar-refractivity contribution in [2.24, 2.45) is 0 Å². The molecule has 1 heterocycles. The maximum absolute atomic E-state index is 4.85. The Kier molecular flexibility index (Phi) is 1.77. The van der Waals surface area contributed by atoms with Gasteiger partial charge in [0.1, 0.15) is 0 Å². The summed E-state index contributed by atoms with van der Waals surface area (Å²) in [4.78, 5) is 0. The Morgan fingerprint density at radius 2 is 2.38 bits per heavy atom. The van der Waals surface area contributed by atoms with Crippen molar-refractivity contribution in [3.63, 3.8) is 0 Å². The SMILES string of the molecule is Pc1cccoc1=S. The van der Waals surface area contributed by atoms with Crippen molar-refractivity contribution in [1.82, 2.24) is 0 Å². The predicted octanol–water partition coefficient (Wildman–Crippen LogP) is 1.51. The van der Waals surface area contributed by atoms with Crippen LogP contribution in [0.2, 0.25) is 0 Å². The van der Waals surface area contributed by atoms with E-state index in [4.69, 9.17) is 16.6 Å². The molecule has 0 aliphatic heterocycles. The number of hydrogen-bond acceptors (Lipinski definition) is 2. The highest BCUT2D eigenvalue weighted by molar-refractivity contribution is 7.71. The third-order valence-corrected chi connectivity index (χ3v) is 1.76. The first-order chi connectivity index (χ1) is 3.80. The van der Waals surface area contributed by atoms with Crippen molar-refractivity contribution in [2.75, 3.05) is 0 Å². The minimum Gasteiger partial charge on any atom is -0.453 e. The van der Waals surface area contributed by atoms with Gasteiger partial charge in [-0.25, -0.2) is 0 Å². The molecule has 0 spiro atoms. The van der Waals surface area contributed by atoms with Crippen LogP contribution in [-0.2, 0) is 0 Å². The smallest absolute Gasteiger partial charge is 0.196 e. The zero-order valence-electron chi connectivity index (χ0n) is 4.13. The van der Waals surface area contributed by atoms with E-state index < -0.39 is 0 Å².